The quantitative estimate of drug-likeness (QED) is 0.783. The second-order valence-electron chi connectivity index (χ2n) is 5.58. The topological polar surface area (TPSA) is 34.1 Å². The molecular formula is C19H18N2O. The molecule has 0 spiro atoms. The molecular weight excluding hydrogens is 272 g/mol. The third kappa shape index (κ3) is 2.14. The van der Waals surface area contributed by atoms with Gasteiger partial charge in [0, 0.05) is 30.6 Å². The molecule has 4 rings (SSSR count). The van der Waals surface area contributed by atoms with E-state index in [1.165, 1.54) is 27.8 Å². The minimum Gasteiger partial charge on any atom is -0.497 e. The number of nitrogens with zero attached hydrogens (tertiary/aromatic N) is 1. The van der Waals surface area contributed by atoms with E-state index in [1.54, 1.807) is 7.11 Å². The van der Waals surface area contributed by atoms with Gasteiger partial charge in [0.2, 0.25) is 0 Å². The van der Waals surface area contributed by atoms with Crippen molar-refractivity contribution in [1.82, 2.24) is 10.3 Å². The normalized spacial score (nSPS) is 13.9. The number of rotatable bonds is 2. The van der Waals surface area contributed by atoms with Gasteiger partial charge in [-0.15, -0.1) is 0 Å². The molecule has 0 unspecified atom stereocenters. The second kappa shape index (κ2) is 5.43. The Kier molecular flexibility index (Phi) is 3.28. The van der Waals surface area contributed by atoms with Crippen LogP contribution in [-0.4, -0.2) is 18.6 Å². The highest BCUT2D eigenvalue weighted by atomic mass is 16.5. The number of para-hydroxylation sites is 1. The van der Waals surface area contributed by atoms with E-state index in [-0.39, 0.29) is 0 Å². The molecule has 0 bridgehead atoms. The highest BCUT2D eigenvalue weighted by molar-refractivity contribution is 5.96. The van der Waals surface area contributed by atoms with Crippen LogP contribution in [0.3, 0.4) is 0 Å². The lowest BCUT2D eigenvalue weighted by Crippen LogP contribution is -2.25. The first-order chi connectivity index (χ1) is 10.9. The predicted octanol–water partition coefficient (Wildman–Crippen LogP) is 3.56. The third-order valence-corrected chi connectivity index (χ3v) is 4.30. The van der Waals surface area contributed by atoms with Crippen LogP contribution in [-0.2, 0) is 13.0 Å². The van der Waals surface area contributed by atoms with Gasteiger partial charge in [-0.25, -0.2) is 0 Å². The first-order valence-electron chi connectivity index (χ1n) is 7.62. The Morgan fingerprint density at radius 2 is 1.86 bits per heavy atom. The third-order valence-electron chi connectivity index (χ3n) is 4.30. The lowest BCUT2D eigenvalue weighted by molar-refractivity contribution is 0.415. The molecule has 3 heteroatoms. The van der Waals surface area contributed by atoms with E-state index in [0.29, 0.717) is 0 Å². The van der Waals surface area contributed by atoms with Crippen molar-refractivity contribution in [2.45, 2.75) is 13.0 Å². The number of pyridine rings is 1. The molecule has 1 aliphatic heterocycles. The number of hydrogen-bond donors (Lipinski definition) is 1. The number of hydrogen-bond acceptors (Lipinski definition) is 3. The Labute approximate surface area is 130 Å². The summed E-state index contributed by atoms with van der Waals surface area (Å²) in [5.41, 5.74) is 6.15. The van der Waals surface area contributed by atoms with E-state index in [0.717, 1.165) is 30.8 Å². The molecule has 0 aliphatic carbocycles. The van der Waals surface area contributed by atoms with Gasteiger partial charge in [-0.2, -0.15) is 0 Å². The second-order valence-corrected chi connectivity index (χ2v) is 5.58. The predicted molar refractivity (Wildman–Crippen MR) is 89.1 cm³/mol. The maximum absolute atomic E-state index is 5.28. The van der Waals surface area contributed by atoms with Gasteiger partial charge in [-0.1, -0.05) is 30.3 Å². The highest BCUT2D eigenvalue weighted by Crippen LogP contribution is 2.35. The van der Waals surface area contributed by atoms with Crippen molar-refractivity contribution in [3.05, 3.63) is 59.8 Å². The van der Waals surface area contributed by atoms with Crippen LogP contribution in [0.25, 0.3) is 22.0 Å². The summed E-state index contributed by atoms with van der Waals surface area (Å²) in [6, 6.07) is 16.7. The summed E-state index contributed by atoms with van der Waals surface area (Å²) in [5, 5.41) is 4.69. The molecule has 0 radical (unpaired) electrons. The first kappa shape index (κ1) is 13.3. The van der Waals surface area contributed by atoms with Gasteiger partial charge >= 0.3 is 0 Å². The molecule has 2 aromatic carbocycles. The number of benzene rings is 2. The molecule has 0 amide bonds. The summed E-state index contributed by atoms with van der Waals surface area (Å²) >= 11 is 0. The molecule has 0 saturated heterocycles. The maximum atomic E-state index is 5.28. The number of ether oxygens (including phenoxy) is 1. The fraction of sp³-hybridized carbons (Fsp3) is 0.211. The summed E-state index contributed by atoms with van der Waals surface area (Å²) in [6.07, 6.45) is 0.989. The van der Waals surface area contributed by atoms with E-state index in [2.05, 4.69) is 41.7 Å². The van der Waals surface area contributed by atoms with Crippen LogP contribution < -0.4 is 10.1 Å². The molecule has 3 aromatic rings. The highest BCUT2D eigenvalue weighted by Gasteiger charge is 2.18. The lowest BCUT2D eigenvalue weighted by Gasteiger charge is -2.22. The molecule has 1 aromatic heterocycles. The standard InChI is InChI=1S/C19H18N2O/c1-22-14-8-6-13(7-9-14)19-15-4-2-3-5-17(15)21-18-10-11-20-12-16(18)19/h2-9,20H,10-12H2,1H3. The van der Waals surface area contributed by atoms with Crippen LogP contribution >= 0.6 is 0 Å². The van der Waals surface area contributed by atoms with Crippen LogP contribution in [0.2, 0.25) is 0 Å². The van der Waals surface area contributed by atoms with Gasteiger partial charge < -0.3 is 10.1 Å². The van der Waals surface area contributed by atoms with Gasteiger partial charge in [0.1, 0.15) is 5.75 Å². The molecule has 1 N–H and O–H groups in total. The van der Waals surface area contributed by atoms with E-state index < -0.39 is 0 Å². The Morgan fingerprint density at radius 1 is 1.05 bits per heavy atom. The number of fused-ring (bicyclic) bond motifs is 2. The fourth-order valence-corrected chi connectivity index (χ4v) is 3.21. The minimum absolute atomic E-state index is 0.883. The van der Waals surface area contributed by atoms with E-state index in [1.807, 2.05) is 12.1 Å². The van der Waals surface area contributed by atoms with Crippen molar-refractivity contribution in [2.75, 3.05) is 13.7 Å². The summed E-state index contributed by atoms with van der Waals surface area (Å²) in [5.74, 6) is 0.883. The SMILES string of the molecule is COc1ccc(-c2c3c(nc4ccccc24)CCNC3)cc1. The van der Waals surface area contributed by atoms with E-state index in [9.17, 15) is 0 Å². The first-order valence-corrected chi connectivity index (χ1v) is 7.62. The van der Waals surface area contributed by atoms with Crippen LogP contribution in [0.4, 0.5) is 0 Å². The van der Waals surface area contributed by atoms with Gasteiger partial charge in [0.05, 0.1) is 12.6 Å². The van der Waals surface area contributed by atoms with Gasteiger partial charge in [0.15, 0.2) is 0 Å². The average molecular weight is 290 g/mol. The van der Waals surface area contributed by atoms with Crippen LogP contribution in [0, 0.1) is 0 Å². The largest absolute Gasteiger partial charge is 0.497 e. The van der Waals surface area contributed by atoms with Crippen molar-refractivity contribution < 1.29 is 4.74 Å². The molecule has 1 aliphatic rings. The molecule has 2 heterocycles. The molecule has 0 fully saturated rings. The number of methoxy groups -OCH3 is 1. The van der Waals surface area contributed by atoms with Crippen molar-refractivity contribution in [2.24, 2.45) is 0 Å². The Balaban J connectivity index is 2.01. The zero-order valence-corrected chi connectivity index (χ0v) is 12.6. The summed E-state index contributed by atoms with van der Waals surface area (Å²) in [7, 11) is 1.70. The summed E-state index contributed by atoms with van der Waals surface area (Å²) in [4.78, 5) is 4.87. The smallest absolute Gasteiger partial charge is 0.118 e. The average Bonchev–Trinajstić information content (AvgIpc) is 2.60. The van der Waals surface area contributed by atoms with Gasteiger partial charge in [-0.3, -0.25) is 4.98 Å². The van der Waals surface area contributed by atoms with Crippen LogP contribution in [0.1, 0.15) is 11.3 Å². The summed E-state index contributed by atoms with van der Waals surface area (Å²) < 4.78 is 5.28. The maximum Gasteiger partial charge on any atom is 0.118 e. The molecule has 0 atom stereocenters. The Bertz CT molecular complexity index is 825. The van der Waals surface area contributed by atoms with E-state index in [4.69, 9.17) is 9.72 Å². The van der Waals surface area contributed by atoms with Gasteiger partial charge in [-0.05, 0) is 34.9 Å². The molecule has 22 heavy (non-hydrogen) atoms. The van der Waals surface area contributed by atoms with Crippen LogP contribution in [0.5, 0.6) is 5.75 Å². The van der Waals surface area contributed by atoms with E-state index >= 15 is 0 Å². The number of nitrogens with one attached hydrogen (secondary N) is 1. The molecule has 0 saturated carbocycles. The Morgan fingerprint density at radius 3 is 2.68 bits per heavy atom. The number of aromatic nitrogens is 1. The Hall–Kier alpha value is -2.39. The lowest BCUT2D eigenvalue weighted by atomic mass is 9.92. The minimum atomic E-state index is 0.883. The zero-order valence-electron chi connectivity index (χ0n) is 12.6. The van der Waals surface area contributed by atoms with Crippen molar-refractivity contribution in [3.63, 3.8) is 0 Å². The van der Waals surface area contributed by atoms with Crippen molar-refractivity contribution in [1.29, 1.82) is 0 Å². The van der Waals surface area contributed by atoms with Gasteiger partial charge in [0.25, 0.3) is 0 Å². The molecule has 3 nitrogen and oxygen atoms in total. The molecule has 110 valence electrons. The fourth-order valence-electron chi connectivity index (χ4n) is 3.21. The van der Waals surface area contributed by atoms with Crippen LogP contribution in [0.15, 0.2) is 48.5 Å². The summed E-state index contributed by atoms with van der Waals surface area (Å²) in [6.45, 7) is 1.88. The van der Waals surface area contributed by atoms with Crippen molar-refractivity contribution >= 4 is 10.9 Å². The van der Waals surface area contributed by atoms with Crippen molar-refractivity contribution in [3.8, 4) is 16.9 Å². The monoisotopic (exact) mass is 290 g/mol. The zero-order chi connectivity index (χ0) is 14.9.